The van der Waals surface area contributed by atoms with Crippen molar-refractivity contribution in [1.82, 2.24) is 4.90 Å². The lowest BCUT2D eigenvalue weighted by atomic mass is 10.0. The van der Waals surface area contributed by atoms with Gasteiger partial charge in [0.15, 0.2) is 5.72 Å². The fourth-order valence-corrected chi connectivity index (χ4v) is 3.75. The number of halogens is 3. The van der Waals surface area contributed by atoms with Crippen LogP contribution in [0, 0.1) is 0 Å². The summed E-state index contributed by atoms with van der Waals surface area (Å²) >= 11 is 0. The summed E-state index contributed by atoms with van der Waals surface area (Å²) in [6.45, 7) is 5.95. The summed E-state index contributed by atoms with van der Waals surface area (Å²) in [4.78, 5) is 2.48. The molecule has 2 N–H and O–H groups in total. The number of hydrogen-bond donors (Lipinski definition) is 1. The fourth-order valence-electron chi connectivity index (χ4n) is 3.75. The number of piperidine rings is 1. The fraction of sp³-hybridized carbons (Fsp3) is 0.500. The maximum absolute atomic E-state index is 12.8. The van der Waals surface area contributed by atoms with Crippen LogP contribution in [0.4, 0.5) is 13.2 Å². The Morgan fingerprint density at radius 3 is 2.03 bits per heavy atom. The zero-order chi connectivity index (χ0) is 22.3. The minimum Gasteiger partial charge on any atom is -0.494 e. The van der Waals surface area contributed by atoms with E-state index < -0.39 is 17.5 Å². The molecule has 2 aromatic rings. The van der Waals surface area contributed by atoms with E-state index >= 15 is 0 Å². The van der Waals surface area contributed by atoms with E-state index in [1.807, 2.05) is 31.2 Å². The highest BCUT2D eigenvalue weighted by molar-refractivity contribution is 5.33. The Bertz CT molecular complexity index is 803. The summed E-state index contributed by atoms with van der Waals surface area (Å²) in [6.07, 6.45) is 0.956. The zero-order valence-electron chi connectivity index (χ0n) is 18.0. The van der Waals surface area contributed by atoms with Gasteiger partial charge in [0, 0.05) is 18.5 Å². The zero-order valence-corrected chi connectivity index (χ0v) is 18.0. The van der Waals surface area contributed by atoms with Gasteiger partial charge < -0.3 is 14.4 Å². The standard InChI is InChI=1S/C24H31F3N2O2/c1-2-23(28,31-22-13-9-20(10-14-22)24(25,26)27)19-7-11-21(12-8-19)30-18-6-17-29-15-4-3-5-16-29/h7-14H,2-6,15-18,28H2,1H3. The second kappa shape index (κ2) is 10.4. The van der Waals surface area contributed by atoms with Crippen molar-refractivity contribution in [2.75, 3.05) is 26.2 Å². The molecule has 1 heterocycles. The Labute approximate surface area is 182 Å². The number of hydrogen-bond acceptors (Lipinski definition) is 4. The van der Waals surface area contributed by atoms with Gasteiger partial charge in [0.1, 0.15) is 11.5 Å². The monoisotopic (exact) mass is 436 g/mol. The summed E-state index contributed by atoms with van der Waals surface area (Å²) in [5.41, 5.74) is 5.30. The highest BCUT2D eigenvalue weighted by atomic mass is 19.4. The Kier molecular flexibility index (Phi) is 7.84. The van der Waals surface area contributed by atoms with Crippen molar-refractivity contribution in [3.63, 3.8) is 0 Å². The van der Waals surface area contributed by atoms with Crippen molar-refractivity contribution in [1.29, 1.82) is 0 Å². The van der Waals surface area contributed by atoms with Crippen molar-refractivity contribution >= 4 is 0 Å². The molecule has 170 valence electrons. The minimum absolute atomic E-state index is 0.287. The average Bonchev–Trinajstić information content (AvgIpc) is 2.77. The summed E-state index contributed by atoms with van der Waals surface area (Å²) in [5, 5.41) is 0. The van der Waals surface area contributed by atoms with Gasteiger partial charge >= 0.3 is 6.18 Å². The van der Waals surface area contributed by atoms with Crippen LogP contribution in [0.1, 0.15) is 50.2 Å². The molecule has 0 aromatic heterocycles. The third-order valence-electron chi connectivity index (χ3n) is 5.69. The van der Waals surface area contributed by atoms with E-state index in [4.69, 9.17) is 15.2 Å². The largest absolute Gasteiger partial charge is 0.494 e. The Morgan fingerprint density at radius 1 is 0.871 bits per heavy atom. The van der Waals surface area contributed by atoms with Gasteiger partial charge in [0.25, 0.3) is 0 Å². The molecular weight excluding hydrogens is 405 g/mol. The van der Waals surface area contributed by atoms with Gasteiger partial charge in [0.2, 0.25) is 0 Å². The number of rotatable bonds is 9. The molecule has 1 atom stereocenters. The van der Waals surface area contributed by atoms with Crippen LogP contribution in [-0.2, 0) is 11.9 Å². The summed E-state index contributed by atoms with van der Waals surface area (Å²) in [6, 6.07) is 12.0. The van der Waals surface area contributed by atoms with Gasteiger partial charge in [0.05, 0.1) is 12.2 Å². The molecule has 0 radical (unpaired) electrons. The molecule has 1 unspecified atom stereocenters. The lowest BCUT2D eigenvalue weighted by Gasteiger charge is -2.30. The van der Waals surface area contributed by atoms with Crippen LogP contribution in [0.5, 0.6) is 11.5 Å². The summed E-state index contributed by atoms with van der Waals surface area (Å²) in [7, 11) is 0. The van der Waals surface area contributed by atoms with Crippen LogP contribution in [0.25, 0.3) is 0 Å². The number of benzene rings is 2. The third kappa shape index (κ3) is 6.61. The number of likely N-dealkylation sites (tertiary alicyclic amines) is 1. The molecule has 0 saturated carbocycles. The molecule has 1 aliphatic rings. The van der Waals surface area contributed by atoms with Crippen molar-refractivity contribution in [3.05, 3.63) is 59.7 Å². The third-order valence-corrected chi connectivity index (χ3v) is 5.69. The average molecular weight is 437 g/mol. The number of nitrogens with zero attached hydrogens (tertiary/aromatic N) is 1. The van der Waals surface area contributed by atoms with Gasteiger partial charge in [-0.05, 0) is 80.9 Å². The molecule has 0 aliphatic carbocycles. The van der Waals surface area contributed by atoms with E-state index in [-0.39, 0.29) is 5.75 Å². The van der Waals surface area contributed by atoms with Crippen LogP contribution < -0.4 is 15.2 Å². The molecule has 1 aliphatic heterocycles. The lowest BCUT2D eigenvalue weighted by Crippen LogP contribution is -2.42. The molecule has 0 bridgehead atoms. The molecular formula is C24H31F3N2O2. The van der Waals surface area contributed by atoms with Gasteiger partial charge in [-0.3, -0.25) is 5.73 Å². The van der Waals surface area contributed by atoms with Gasteiger partial charge in [-0.25, -0.2) is 0 Å². The Balaban J connectivity index is 1.54. The van der Waals surface area contributed by atoms with Gasteiger partial charge in [-0.2, -0.15) is 13.2 Å². The predicted octanol–water partition coefficient (Wildman–Crippen LogP) is 5.56. The van der Waals surface area contributed by atoms with Crippen molar-refractivity contribution in [3.8, 4) is 11.5 Å². The van der Waals surface area contributed by atoms with E-state index in [2.05, 4.69) is 4.90 Å². The minimum atomic E-state index is -4.38. The first kappa shape index (κ1) is 23.4. The highest BCUT2D eigenvalue weighted by Gasteiger charge is 2.31. The predicted molar refractivity (Wildman–Crippen MR) is 115 cm³/mol. The normalized spacial score (nSPS) is 17.2. The molecule has 0 spiro atoms. The van der Waals surface area contributed by atoms with Crippen molar-refractivity contribution < 1.29 is 22.6 Å². The van der Waals surface area contributed by atoms with Crippen LogP contribution in [0.3, 0.4) is 0 Å². The van der Waals surface area contributed by atoms with Crippen LogP contribution in [-0.4, -0.2) is 31.1 Å². The topological polar surface area (TPSA) is 47.7 Å². The number of nitrogens with two attached hydrogens (primary N) is 1. The molecule has 0 amide bonds. The van der Waals surface area contributed by atoms with Crippen LogP contribution in [0.15, 0.2) is 48.5 Å². The molecule has 4 nitrogen and oxygen atoms in total. The first-order valence-corrected chi connectivity index (χ1v) is 10.9. The smallest absolute Gasteiger partial charge is 0.416 e. The first-order chi connectivity index (χ1) is 14.8. The molecule has 1 fully saturated rings. The van der Waals surface area contributed by atoms with Crippen molar-refractivity contribution in [2.45, 2.75) is 50.9 Å². The molecule has 3 rings (SSSR count). The van der Waals surface area contributed by atoms with Gasteiger partial charge in [-0.1, -0.05) is 13.3 Å². The van der Waals surface area contributed by atoms with E-state index in [1.54, 1.807) is 0 Å². The first-order valence-electron chi connectivity index (χ1n) is 10.9. The summed E-state index contributed by atoms with van der Waals surface area (Å²) in [5.74, 6) is 1.05. The molecule has 31 heavy (non-hydrogen) atoms. The highest BCUT2D eigenvalue weighted by Crippen LogP contribution is 2.32. The summed E-state index contributed by atoms with van der Waals surface area (Å²) < 4.78 is 50.0. The molecule has 2 aromatic carbocycles. The van der Waals surface area contributed by atoms with Gasteiger partial charge in [-0.15, -0.1) is 0 Å². The van der Waals surface area contributed by atoms with Crippen LogP contribution in [0.2, 0.25) is 0 Å². The van der Waals surface area contributed by atoms with Crippen molar-refractivity contribution in [2.24, 2.45) is 5.73 Å². The Hall–Kier alpha value is -2.25. The Morgan fingerprint density at radius 2 is 1.45 bits per heavy atom. The van der Waals surface area contributed by atoms with E-state index in [1.165, 1.54) is 44.5 Å². The van der Waals surface area contributed by atoms with E-state index in [0.29, 0.717) is 13.0 Å². The maximum Gasteiger partial charge on any atom is 0.416 e. The van der Waals surface area contributed by atoms with E-state index in [9.17, 15) is 13.2 Å². The van der Waals surface area contributed by atoms with Crippen LogP contribution >= 0.6 is 0 Å². The second-order valence-electron chi connectivity index (χ2n) is 8.00. The molecule has 1 saturated heterocycles. The number of ether oxygens (including phenoxy) is 2. The second-order valence-corrected chi connectivity index (χ2v) is 8.00. The number of alkyl halides is 3. The lowest BCUT2D eigenvalue weighted by molar-refractivity contribution is -0.137. The SMILES string of the molecule is CCC(N)(Oc1ccc(C(F)(F)F)cc1)c1ccc(OCCCN2CCCCC2)cc1. The van der Waals surface area contributed by atoms with E-state index in [0.717, 1.165) is 36.4 Å². The maximum atomic E-state index is 12.8. The molecule has 7 heteroatoms. The quantitative estimate of drug-likeness (QED) is 0.413.